The first-order valence-corrected chi connectivity index (χ1v) is 7.19. The minimum absolute atomic E-state index is 0.146. The summed E-state index contributed by atoms with van der Waals surface area (Å²) < 4.78 is 0. The topological polar surface area (TPSA) is 66.4 Å². The maximum Gasteiger partial charge on any atom is 0.314 e. The summed E-state index contributed by atoms with van der Waals surface area (Å²) in [5.41, 5.74) is 0.781. The summed E-state index contributed by atoms with van der Waals surface area (Å²) in [6, 6.07) is 10.7. The summed E-state index contributed by atoms with van der Waals surface area (Å²) in [5, 5.41) is 13.9. The van der Waals surface area contributed by atoms with E-state index in [1.54, 1.807) is 30.3 Å². The van der Waals surface area contributed by atoms with Gasteiger partial charge in [0, 0.05) is 5.69 Å². The van der Waals surface area contributed by atoms with E-state index in [-0.39, 0.29) is 5.91 Å². The largest absolute Gasteiger partial charge is 0.481 e. The fraction of sp³-hybridized carbons (Fsp3) is 0.200. The molecule has 5 heteroatoms. The molecule has 1 aliphatic rings. The number of aliphatic carboxylic acids is 1. The SMILES string of the molecule is O=C(Nc1ccc(C2(C(=O)O)CC2)cc1)c1cccs1. The molecule has 1 aliphatic carbocycles. The van der Waals surface area contributed by atoms with Crippen LogP contribution in [0.2, 0.25) is 0 Å². The summed E-state index contributed by atoms with van der Waals surface area (Å²) in [6.45, 7) is 0. The summed E-state index contributed by atoms with van der Waals surface area (Å²) in [4.78, 5) is 23.8. The Labute approximate surface area is 120 Å². The zero-order chi connectivity index (χ0) is 14.2. The Morgan fingerprint density at radius 1 is 1.15 bits per heavy atom. The van der Waals surface area contributed by atoms with E-state index in [2.05, 4.69) is 5.32 Å². The van der Waals surface area contributed by atoms with Gasteiger partial charge in [-0.15, -0.1) is 11.3 Å². The first kappa shape index (κ1) is 12.9. The lowest BCUT2D eigenvalue weighted by molar-refractivity contribution is -0.140. The molecule has 0 spiro atoms. The van der Waals surface area contributed by atoms with Gasteiger partial charge in [0.25, 0.3) is 5.91 Å². The van der Waals surface area contributed by atoms with Crippen LogP contribution < -0.4 is 5.32 Å². The van der Waals surface area contributed by atoms with Crippen molar-refractivity contribution in [2.24, 2.45) is 0 Å². The lowest BCUT2D eigenvalue weighted by Gasteiger charge is -2.11. The van der Waals surface area contributed by atoms with Crippen molar-refractivity contribution in [3.05, 3.63) is 52.2 Å². The second kappa shape index (κ2) is 4.76. The van der Waals surface area contributed by atoms with E-state index in [4.69, 9.17) is 0 Å². The Morgan fingerprint density at radius 2 is 1.85 bits per heavy atom. The van der Waals surface area contributed by atoms with Crippen LogP contribution in [0, 0.1) is 0 Å². The minimum atomic E-state index is -0.770. The highest BCUT2D eigenvalue weighted by atomic mass is 32.1. The number of carbonyl (C=O) groups excluding carboxylic acids is 1. The molecule has 1 aromatic carbocycles. The first-order valence-electron chi connectivity index (χ1n) is 6.31. The summed E-state index contributed by atoms with van der Waals surface area (Å²) in [5.74, 6) is -0.917. The van der Waals surface area contributed by atoms with Crippen LogP contribution in [-0.4, -0.2) is 17.0 Å². The molecule has 1 amide bonds. The predicted octanol–water partition coefficient (Wildman–Crippen LogP) is 3.12. The molecule has 4 nitrogen and oxygen atoms in total. The molecule has 1 heterocycles. The number of amides is 1. The van der Waals surface area contributed by atoms with Crippen molar-refractivity contribution in [3.8, 4) is 0 Å². The molecule has 3 rings (SSSR count). The fourth-order valence-electron chi connectivity index (χ4n) is 2.22. The van der Waals surface area contributed by atoms with Crippen LogP contribution in [0.1, 0.15) is 28.1 Å². The Morgan fingerprint density at radius 3 is 2.35 bits per heavy atom. The van der Waals surface area contributed by atoms with Crippen LogP contribution in [0.5, 0.6) is 0 Å². The Hall–Kier alpha value is -2.14. The van der Waals surface area contributed by atoms with Gasteiger partial charge in [0.1, 0.15) is 0 Å². The smallest absolute Gasteiger partial charge is 0.314 e. The van der Waals surface area contributed by atoms with Crippen molar-refractivity contribution in [1.82, 2.24) is 0 Å². The number of rotatable bonds is 4. The zero-order valence-corrected chi connectivity index (χ0v) is 11.4. The van der Waals surface area contributed by atoms with Crippen LogP contribution in [0.4, 0.5) is 5.69 Å². The average molecular weight is 287 g/mol. The van der Waals surface area contributed by atoms with Crippen molar-refractivity contribution in [2.75, 3.05) is 5.32 Å². The second-order valence-electron chi connectivity index (χ2n) is 4.90. The molecule has 1 fully saturated rings. The second-order valence-corrected chi connectivity index (χ2v) is 5.84. The molecule has 0 unspecified atom stereocenters. The van der Waals surface area contributed by atoms with Gasteiger partial charge in [-0.3, -0.25) is 9.59 Å². The van der Waals surface area contributed by atoms with E-state index in [9.17, 15) is 14.7 Å². The molecule has 1 aromatic heterocycles. The van der Waals surface area contributed by atoms with Crippen LogP contribution in [0.15, 0.2) is 41.8 Å². The van der Waals surface area contributed by atoms with Crippen molar-refractivity contribution < 1.29 is 14.7 Å². The Kier molecular flexibility index (Phi) is 3.06. The van der Waals surface area contributed by atoms with Gasteiger partial charge in [0.15, 0.2) is 0 Å². The third kappa shape index (κ3) is 2.20. The number of hydrogen-bond acceptors (Lipinski definition) is 3. The van der Waals surface area contributed by atoms with Gasteiger partial charge in [-0.05, 0) is 42.0 Å². The highest BCUT2D eigenvalue weighted by Crippen LogP contribution is 2.48. The average Bonchev–Trinajstić information content (AvgIpc) is 3.07. The normalized spacial score (nSPS) is 15.6. The highest BCUT2D eigenvalue weighted by Gasteiger charge is 2.51. The van der Waals surface area contributed by atoms with Gasteiger partial charge in [-0.2, -0.15) is 0 Å². The van der Waals surface area contributed by atoms with Gasteiger partial charge < -0.3 is 10.4 Å². The highest BCUT2D eigenvalue weighted by molar-refractivity contribution is 7.12. The van der Waals surface area contributed by atoms with Crippen LogP contribution >= 0.6 is 11.3 Å². The van der Waals surface area contributed by atoms with Gasteiger partial charge in [0.2, 0.25) is 0 Å². The summed E-state index contributed by atoms with van der Waals surface area (Å²) in [7, 11) is 0. The lowest BCUT2D eigenvalue weighted by atomic mass is 9.96. The molecule has 0 saturated heterocycles. The summed E-state index contributed by atoms with van der Waals surface area (Å²) in [6.07, 6.45) is 1.37. The van der Waals surface area contributed by atoms with Gasteiger partial charge in [-0.1, -0.05) is 18.2 Å². The van der Waals surface area contributed by atoms with E-state index in [1.165, 1.54) is 11.3 Å². The van der Waals surface area contributed by atoms with Crippen molar-refractivity contribution in [1.29, 1.82) is 0 Å². The first-order chi connectivity index (χ1) is 9.62. The number of thiophene rings is 1. The summed E-state index contributed by atoms with van der Waals surface area (Å²) >= 11 is 1.38. The molecule has 2 aromatic rings. The van der Waals surface area contributed by atoms with E-state index >= 15 is 0 Å². The maximum atomic E-state index is 11.9. The number of carbonyl (C=O) groups is 2. The Bertz CT molecular complexity index is 642. The van der Waals surface area contributed by atoms with Gasteiger partial charge >= 0.3 is 5.97 Å². The van der Waals surface area contributed by atoms with Crippen LogP contribution in [-0.2, 0) is 10.2 Å². The molecular weight excluding hydrogens is 274 g/mol. The molecule has 0 aliphatic heterocycles. The number of carboxylic acids is 1. The molecular formula is C15H13NO3S. The quantitative estimate of drug-likeness (QED) is 0.908. The van der Waals surface area contributed by atoms with E-state index in [0.29, 0.717) is 23.4 Å². The number of nitrogens with one attached hydrogen (secondary N) is 1. The van der Waals surface area contributed by atoms with Crippen molar-refractivity contribution in [3.63, 3.8) is 0 Å². The maximum absolute atomic E-state index is 11.9. The molecule has 1 saturated carbocycles. The van der Waals surface area contributed by atoms with Crippen LogP contribution in [0.3, 0.4) is 0 Å². The molecule has 102 valence electrons. The zero-order valence-electron chi connectivity index (χ0n) is 10.6. The van der Waals surface area contributed by atoms with Crippen molar-refractivity contribution >= 4 is 28.9 Å². The van der Waals surface area contributed by atoms with E-state index in [0.717, 1.165) is 5.56 Å². The molecule has 20 heavy (non-hydrogen) atoms. The molecule has 0 atom stereocenters. The van der Waals surface area contributed by atoms with E-state index < -0.39 is 11.4 Å². The van der Waals surface area contributed by atoms with E-state index in [1.807, 2.05) is 11.4 Å². The lowest BCUT2D eigenvalue weighted by Crippen LogP contribution is -2.19. The number of carboxylic acid groups (broad SMARTS) is 1. The van der Waals surface area contributed by atoms with Crippen LogP contribution in [0.25, 0.3) is 0 Å². The number of benzene rings is 1. The monoisotopic (exact) mass is 287 g/mol. The third-order valence-corrected chi connectivity index (χ3v) is 4.47. The minimum Gasteiger partial charge on any atom is -0.481 e. The number of hydrogen-bond donors (Lipinski definition) is 2. The molecule has 0 bridgehead atoms. The van der Waals surface area contributed by atoms with Gasteiger partial charge in [-0.25, -0.2) is 0 Å². The molecule has 2 N–H and O–H groups in total. The molecule has 0 radical (unpaired) electrons. The third-order valence-electron chi connectivity index (χ3n) is 3.60. The Balaban J connectivity index is 1.74. The standard InChI is InChI=1S/C15H13NO3S/c17-13(12-2-1-9-20-12)16-11-5-3-10(4-6-11)15(7-8-15)14(18)19/h1-6,9H,7-8H2,(H,16,17)(H,18,19). The van der Waals surface area contributed by atoms with Crippen molar-refractivity contribution in [2.45, 2.75) is 18.3 Å². The number of anilines is 1. The fourth-order valence-corrected chi connectivity index (χ4v) is 2.84. The predicted molar refractivity (Wildman–Crippen MR) is 77.3 cm³/mol. The van der Waals surface area contributed by atoms with Gasteiger partial charge in [0.05, 0.1) is 10.3 Å².